The first-order chi connectivity index (χ1) is 15.5. The molecule has 3 aromatic heterocycles. The van der Waals surface area contributed by atoms with Crippen LogP contribution < -0.4 is 16.0 Å². The van der Waals surface area contributed by atoms with Crippen molar-refractivity contribution in [2.45, 2.75) is 38.8 Å². The van der Waals surface area contributed by atoms with E-state index in [0.29, 0.717) is 18.1 Å². The van der Waals surface area contributed by atoms with Crippen LogP contribution in [0.1, 0.15) is 51.8 Å². The smallest absolute Gasteiger partial charge is 0.273 e. The summed E-state index contributed by atoms with van der Waals surface area (Å²) in [6, 6.07) is 6.04. The molecule has 9 heteroatoms. The van der Waals surface area contributed by atoms with Gasteiger partial charge in [-0.25, -0.2) is 14.6 Å². The molecule has 3 atom stereocenters. The number of hydrogen-bond donors (Lipinski definition) is 2. The summed E-state index contributed by atoms with van der Waals surface area (Å²) in [5, 5.41) is 11.3. The molecule has 0 bridgehead atoms. The molecule has 3 aromatic rings. The van der Waals surface area contributed by atoms with Crippen LogP contribution in [0.25, 0.3) is 0 Å². The number of nitrogen functional groups attached to an aromatic ring is 1. The zero-order valence-electron chi connectivity index (χ0n) is 18.0. The molecular weight excluding hydrogens is 404 g/mol. The number of carbonyl (C=O) groups is 1. The molecule has 0 spiro atoms. The van der Waals surface area contributed by atoms with Crippen molar-refractivity contribution >= 4 is 17.5 Å². The fourth-order valence-corrected chi connectivity index (χ4v) is 5.11. The maximum Gasteiger partial charge on any atom is 0.273 e. The fourth-order valence-electron chi connectivity index (χ4n) is 5.11. The van der Waals surface area contributed by atoms with Crippen molar-refractivity contribution in [3.8, 4) is 0 Å². The Balaban J connectivity index is 1.12. The van der Waals surface area contributed by atoms with Gasteiger partial charge in [-0.1, -0.05) is 11.3 Å². The third-order valence-corrected chi connectivity index (χ3v) is 7.08. The summed E-state index contributed by atoms with van der Waals surface area (Å²) < 4.78 is 1.69. The van der Waals surface area contributed by atoms with E-state index in [0.717, 1.165) is 66.0 Å². The zero-order chi connectivity index (χ0) is 21.8. The standard InChI is InChI=1S/C23H26N8O/c1-13-14(2-5-21(26-13)30-9-15-8-16(15)10-30)11-31-12-20(28-29-31)23(32)27-19-4-3-18-17(19)6-7-25-22(18)24/h2,5-7,12,15-16,19H,3-4,8-11H2,1H3,(H2,24,25)(H,27,32)/t15?,16?,19-/m1/s1. The topological polar surface area (TPSA) is 115 Å². The van der Waals surface area contributed by atoms with E-state index in [4.69, 9.17) is 10.7 Å². The number of nitrogens with two attached hydrogens (primary N) is 1. The number of pyridine rings is 2. The Morgan fingerprint density at radius 2 is 2.09 bits per heavy atom. The number of nitrogens with zero attached hydrogens (tertiary/aromatic N) is 6. The molecule has 2 unspecified atom stereocenters. The third kappa shape index (κ3) is 3.37. The Bertz CT molecular complexity index is 1190. The van der Waals surface area contributed by atoms with E-state index in [-0.39, 0.29) is 11.9 Å². The van der Waals surface area contributed by atoms with Gasteiger partial charge in [-0.15, -0.1) is 5.10 Å². The van der Waals surface area contributed by atoms with E-state index in [1.54, 1.807) is 17.1 Å². The molecule has 9 nitrogen and oxygen atoms in total. The molecule has 164 valence electrons. The fraction of sp³-hybridized carbons (Fsp3) is 0.435. The van der Waals surface area contributed by atoms with E-state index in [9.17, 15) is 4.79 Å². The summed E-state index contributed by atoms with van der Waals surface area (Å²) in [5.41, 5.74) is 10.4. The van der Waals surface area contributed by atoms with Crippen LogP contribution in [-0.2, 0) is 13.0 Å². The zero-order valence-corrected chi connectivity index (χ0v) is 18.0. The maximum atomic E-state index is 12.8. The molecule has 3 aliphatic rings. The predicted octanol–water partition coefficient (Wildman–Crippen LogP) is 1.88. The second-order valence-corrected chi connectivity index (χ2v) is 9.20. The lowest BCUT2D eigenvalue weighted by Gasteiger charge is -2.20. The molecule has 1 saturated heterocycles. The number of hydrogen-bond acceptors (Lipinski definition) is 7. The van der Waals surface area contributed by atoms with Crippen LogP contribution in [0.15, 0.2) is 30.6 Å². The molecule has 0 aromatic carbocycles. The Morgan fingerprint density at radius 3 is 2.91 bits per heavy atom. The highest BCUT2D eigenvalue weighted by Crippen LogP contribution is 2.46. The lowest BCUT2D eigenvalue weighted by molar-refractivity contribution is 0.0931. The first-order valence-corrected chi connectivity index (χ1v) is 11.2. The summed E-state index contributed by atoms with van der Waals surface area (Å²) in [4.78, 5) is 24.1. The first-order valence-electron chi connectivity index (χ1n) is 11.2. The Morgan fingerprint density at radius 1 is 1.25 bits per heavy atom. The lowest BCUT2D eigenvalue weighted by atomic mass is 10.1. The summed E-state index contributed by atoms with van der Waals surface area (Å²) in [6.07, 6.45) is 6.37. The summed E-state index contributed by atoms with van der Waals surface area (Å²) in [6.45, 7) is 4.82. The average molecular weight is 431 g/mol. The van der Waals surface area contributed by atoms with Crippen molar-refractivity contribution in [3.05, 3.63) is 58.7 Å². The quantitative estimate of drug-likeness (QED) is 0.635. The van der Waals surface area contributed by atoms with Gasteiger partial charge in [-0.2, -0.15) is 0 Å². The number of carbonyl (C=O) groups excluding carboxylic acids is 1. The monoisotopic (exact) mass is 430 g/mol. The van der Waals surface area contributed by atoms with Crippen LogP contribution in [0.4, 0.5) is 11.6 Å². The van der Waals surface area contributed by atoms with Crippen LogP contribution in [0, 0.1) is 18.8 Å². The number of piperidine rings is 1. The van der Waals surface area contributed by atoms with Crippen molar-refractivity contribution in [2.24, 2.45) is 11.8 Å². The molecular formula is C23H26N8O. The maximum absolute atomic E-state index is 12.8. The van der Waals surface area contributed by atoms with Gasteiger partial charge in [0, 0.05) is 25.0 Å². The van der Waals surface area contributed by atoms with Crippen LogP contribution in [0.5, 0.6) is 0 Å². The number of amides is 1. The highest BCUT2D eigenvalue weighted by molar-refractivity contribution is 5.92. The van der Waals surface area contributed by atoms with Crippen molar-refractivity contribution in [3.63, 3.8) is 0 Å². The molecule has 32 heavy (non-hydrogen) atoms. The highest BCUT2D eigenvalue weighted by Gasteiger charge is 2.45. The number of rotatable bonds is 5. The van der Waals surface area contributed by atoms with E-state index >= 15 is 0 Å². The number of anilines is 2. The summed E-state index contributed by atoms with van der Waals surface area (Å²) in [5.74, 6) is 3.13. The number of nitrogens with one attached hydrogen (secondary N) is 1. The van der Waals surface area contributed by atoms with E-state index in [1.165, 1.54) is 6.42 Å². The molecule has 1 saturated carbocycles. The van der Waals surface area contributed by atoms with Crippen LogP contribution >= 0.6 is 0 Å². The number of aryl methyl sites for hydroxylation is 1. The van der Waals surface area contributed by atoms with E-state index in [2.05, 4.69) is 37.6 Å². The van der Waals surface area contributed by atoms with Gasteiger partial charge in [0.25, 0.3) is 5.91 Å². The largest absolute Gasteiger partial charge is 0.383 e. The van der Waals surface area contributed by atoms with Crippen molar-refractivity contribution in [1.82, 2.24) is 30.3 Å². The molecule has 1 aliphatic heterocycles. The normalized spacial score (nSPS) is 23.2. The van der Waals surface area contributed by atoms with Crippen molar-refractivity contribution in [2.75, 3.05) is 23.7 Å². The minimum absolute atomic E-state index is 0.0800. The third-order valence-electron chi connectivity index (χ3n) is 7.08. The van der Waals surface area contributed by atoms with Gasteiger partial charge in [-0.05, 0) is 66.8 Å². The molecule has 2 fully saturated rings. The SMILES string of the molecule is Cc1nc(N2CC3CC3C2)ccc1Cn1cc(C(=O)N[C@@H]2CCc3c2ccnc3N)nn1. The van der Waals surface area contributed by atoms with E-state index < -0.39 is 0 Å². The van der Waals surface area contributed by atoms with Crippen LogP contribution in [0.2, 0.25) is 0 Å². The van der Waals surface area contributed by atoms with Gasteiger partial charge in [0.1, 0.15) is 11.6 Å². The molecule has 1 amide bonds. The van der Waals surface area contributed by atoms with Gasteiger partial charge in [0.05, 0.1) is 18.8 Å². The van der Waals surface area contributed by atoms with Gasteiger partial charge in [0.2, 0.25) is 0 Å². The molecule has 2 aliphatic carbocycles. The highest BCUT2D eigenvalue weighted by atomic mass is 16.2. The summed E-state index contributed by atoms with van der Waals surface area (Å²) >= 11 is 0. The second-order valence-electron chi connectivity index (χ2n) is 9.20. The number of fused-ring (bicyclic) bond motifs is 2. The number of aromatic nitrogens is 5. The minimum Gasteiger partial charge on any atom is -0.383 e. The Hall–Kier alpha value is -3.49. The van der Waals surface area contributed by atoms with Gasteiger partial charge < -0.3 is 16.0 Å². The van der Waals surface area contributed by atoms with Crippen LogP contribution in [-0.4, -0.2) is 44.0 Å². The van der Waals surface area contributed by atoms with Crippen molar-refractivity contribution in [1.29, 1.82) is 0 Å². The van der Waals surface area contributed by atoms with Gasteiger partial charge in [0.15, 0.2) is 5.69 Å². The Kier molecular flexibility index (Phi) is 4.38. The predicted molar refractivity (Wildman–Crippen MR) is 119 cm³/mol. The minimum atomic E-state index is -0.234. The lowest BCUT2D eigenvalue weighted by Crippen LogP contribution is -2.27. The summed E-state index contributed by atoms with van der Waals surface area (Å²) in [7, 11) is 0. The first kappa shape index (κ1) is 19.2. The molecule has 4 heterocycles. The van der Waals surface area contributed by atoms with Gasteiger partial charge in [-0.3, -0.25) is 4.79 Å². The molecule has 0 radical (unpaired) electrons. The average Bonchev–Trinajstić information content (AvgIpc) is 3.17. The van der Waals surface area contributed by atoms with E-state index in [1.807, 2.05) is 13.0 Å². The molecule has 6 rings (SSSR count). The Labute approximate surface area is 186 Å². The van der Waals surface area contributed by atoms with Gasteiger partial charge >= 0.3 is 0 Å². The van der Waals surface area contributed by atoms with Crippen molar-refractivity contribution < 1.29 is 4.79 Å². The second kappa shape index (κ2) is 7.29. The molecule has 3 N–H and O–H groups in total. The van der Waals surface area contributed by atoms with Crippen LogP contribution in [0.3, 0.4) is 0 Å².